The van der Waals surface area contributed by atoms with E-state index in [0.29, 0.717) is 4.90 Å². The van der Waals surface area contributed by atoms with E-state index in [-0.39, 0.29) is 36.0 Å². The van der Waals surface area contributed by atoms with Crippen LogP contribution in [-0.4, -0.2) is 54.4 Å². The number of ether oxygens (including phenoxy) is 4. The zero-order chi connectivity index (χ0) is 25.7. The first kappa shape index (κ1) is 30.1. The maximum absolute atomic E-state index is 13.4. The van der Waals surface area contributed by atoms with Crippen LogP contribution >= 0.6 is 35.8 Å². The summed E-state index contributed by atoms with van der Waals surface area (Å²) in [6.45, 7) is 2.06. The lowest BCUT2D eigenvalue weighted by molar-refractivity contribution is -0.172. The molecule has 0 bridgehead atoms. The molecule has 1 unspecified atom stereocenters. The number of carbonyl (C=O) groups excluding carboxylic acids is 4. The topological polar surface area (TPSA) is 125 Å². The van der Waals surface area contributed by atoms with E-state index in [9.17, 15) is 28.7 Å². The van der Waals surface area contributed by atoms with Crippen LogP contribution in [0.4, 0.5) is 4.39 Å². The molecule has 1 aromatic rings. The molecule has 2 fully saturated rings. The molecule has 0 radical (unpaired) electrons. The van der Waals surface area contributed by atoms with E-state index in [2.05, 4.69) is 0 Å². The van der Waals surface area contributed by atoms with E-state index < -0.39 is 79.0 Å². The second kappa shape index (κ2) is 13.5. The van der Waals surface area contributed by atoms with Gasteiger partial charge in [-0.1, -0.05) is 25.4 Å². The summed E-state index contributed by atoms with van der Waals surface area (Å²) in [4.78, 5) is 48.6. The highest BCUT2D eigenvalue weighted by Gasteiger charge is 2.72. The number of aliphatic hydroxyl groups is 1. The van der Waals surface area contributed by atoms with Crippen molar-refractivity contribution in [2.45, 2.75) is 37.7 Å². The number of benzene rings is 1. The summed E-state index contributed by atoms with van der Waals surface area (Å²) in [5.74, 6) is -6.07. The minimum atomic E-state index is -1.02. The Balaban J connectivity index is 0.00000456. The molecule has 2 aliphatic rings. The van der Waals surface area contributed by atoms with Gasteiger partial charge in [-0.25, -0.2) is 4.39 Å². The van der Waals surface area contributed by atoms with Gasteiger partial charge < -0.3 is 24.1 Å². The van der Waals surface area contributed by atoms with Gasteiger partial charge in [-0.3, -0.25) is 19.2 Å². The van der Waals surface area contributed by atoms with Crippen molar-refractivity contribution in [2.75, 3.05) is 19.3 Å². The standard InChI is InChI=1S/C23H26ClFO9S.ClH/c1-3-15(26)31-9-33-22(29)17-12(8-35-11-5-6-14(25)13(24)7-11)21(28)19-18(17)20(19)23(30)34-10-32-16(27)4-2;/h5-7,12,17-21,28H,3-4,8-10H2,1-2H3;1H/t12?,17-,18+,19-,20-,21-;/m1./s1. The van der Waals surface area contributed by atoms with Crippen LogP contribution in [0.3, 0.4) is 0 Å². The Morgan fingerprint density at radius 1 is 0.944 bits per heavy atom. The third kappa shape index (κ3) is 7.02. The van der Waals surface area contributed by atoms with Crippen LogP contribution < -0.4 is 0 Å². The molecule has 1 N–H and O–H groups in total. The first-order valence-electron chi connectivity index (χ1n) is 11.1. The summed E-state index contributed by atoms with van der Waals surface area (Å²) in [7, 11) is 0. The minimum absolute atomic E-state index is 0. The number of hydrogen-bond acceptors (Lipinski definition) is 10. The fraction of sp³-hybridized carbons (Fsp3) is 0.565. The maximum atomic E-state index is 13.4. The Morgan fingerprint density at radius 2 is 1.50 bits per heavy atom. The first-order chi connectivity index (χ1) is 16.7. The van der Waals surface area contributed by atoms with Crippen LogP contribution in [0, 0.1) is 35.4 Å². The Labute approximate surface area is 222 Å². The van der Waals surface area contributed by atoms with Crippen LogP contribution in [0.25, 0.3) is 0 Å². The molecule has 1 aromatic carbocycles. The zero-order valence-electron chi connectivity index (χ0n) is 19.5. The number of aliphatic hydroxyl groups excluding tert-OH is 1. The Bertz CT molecular complexity index is 979. The number of halogens is 3. The van der Waals surface area contributed by atoms with Gasteiger partial charge in [0.2, 0.25) is 13.6 Å². The first-order valence-corrected chi connectivity index (χ1v) is 12.5. The molecule has 0 saturated heterocycles. The number of hydrogen-bond donors (Lipinski definition) is 1. The minimum Gasteiger partial charge on any atom is -0.428 e. The van der Waals surface area contributed by atoms with Crippen molar-refractivity contribution in [3.8, 4) is 0 Å². The smallest absolute Gasteiger partial charge is 0.312 e. The molecule has 6 atom stereocenters. The van der Waals surface area contributed by atoms with Crippen molar-refractivity contribution in [3.05, 3.63) is 29.0 Å². The quantitative estimate of drug-likeness (QED) is 0.241. The van der Waals surface area contributed by atoms with Gasteiger partial charge in [0.25, 0.3) is 0 Å². The third-order valence-electron chi connectivity index (χ3n) is 6.14. The van der Waals surface area contributed by atoms with Crippen LogP contribution in [0.1, 0.15) is 26.7 Å². The predicted octanol–water partition coefficient (Wildman–Crippen LogP) is 3.37. The zero-order valence-corrected chi connectivity index (χ0v) is 21.9. The van der Waals surface area contributed by atoms with E-state index in [0.717, 1.165) is 0 Å². The average molecular weight is 569 g/mol. The fourth-order valence-electron chi connectivity index (χ4n) is 4.36. The Hall–Kier alpha value is -2.08. The molecule has 3 rings (SSSR count). The molecule has 200 valence electrons. The second-order valence-electron chi connectivity index (χ2n) is 8.15. The number of thioether (sulfide) groups is 1. The highest BCUT2D eigenvalue weighted by atomic mass is 35.5. The molecule has 9 nitrogen and oxygen atoms in total. The summed E-state index contributed by atoms with van der Waals surface area (Å²) < 4.78 is 33.1. The van der Waals surface area contributed by atoms with Gasteiger partial charge >= 0.3 is 23.9 Å². The molecular formula is C23H27Cl2FO9S. The van der Waals surface area contributed by atoms with Crippen LogP contribution in [0.5, 0.6) is 0 Å². The molecule has 0 spiro atoms. The lowest BCUT2D eigenvalue weighted by atomic mass is 9.88. The average Bonchev–Trinajstić information content (AvgIpc) is 3.50. The van der Waals surface area contributed by atoms with Crippen molar-refractivity contribution < 1.29 is 47.6 Å². The van der Waals surface area contributed by atoms with Crippen molar-refractivity contribution in [1.82, 2.24) is 0 Å². The van der Waals surface area contributed by atoms with Crippen molar-refractivity contribution in [2.24, 2.45) is 29.6 Å². The van der Waals surface area contributed by atoms with Crippen LogP contribution in [0.15, 0.2) is 23.1 Å². The van der Waals surface area contributed by atoms with Crippen LogP contribution in [-0.2, 0) is 38.1 Å². The highest BCUT2D eigenvalue weighted by molar-refractivity contribution is 7.99. The van der Waals surface area contributed by atoms with Gasteiger partial charge in [0.05, 0.1) is 23.0 Å². The van der Waals surface area contributed by atoms with Crippen LogP contribution in [0.2, 0.25) is 5.02 Å². The van der Waals surface area contributed by atoms with Gasteiger partial charge in [0.15, 0.2) is 0 Å². The van der Waals surface area contributed by atoms with Gasteiger partial charge in [0.1, 0.15) is 5.82 Å². The molecule has 13 heteroatoms. The lowest BCUT2D eigenvalue weighted by Crippen LogP contribution is -2.36. The molecule has 2 saturated carbocycles. The largest absolute Gasteiger partial charge is 0.428 e. The number of carbonyl (C=O) groups is 4. The van der Waals surface area contributed by atoms with Crippen molar-refractivity contribution in [3.63, 3.8) is 0 Å². The number of fused-ring (bicyclic) bond motifs is 1. The van der Waals surface area contributed by atoms with E-state index in [4.69, 9.17) is 30.5 Å². The van der Waals surface area contributed by atoms with E-state index in [1.807, 2.05) is 0 Å². The molecule has 36 heavy (non-hydrogen) atoms. The van der Waals surface area contributed by atoms with E-state index >= 15 is 0 Å². The summed E-state index contributed by atoms with van der Waals surface area (Å²) in [6, 6.07) is 4.20. The second-order valence-corrected chi connectivity index (χ2v) is 9.65. The maximum Gasteiger partial charge on any atom is 0.312 e. The van der Waals surface area contributed by atoms with E-state index in [1.165, 1.54) is 30.0 Å². The Morgan fingerprint density at radius 3 is 2.03 bits per heavy atom. The Kier molecular flexibility index (Phi) is 11.3. The SMILES string of the molecule is CCC(=O)OCOC(=O)[C@@H]1[C@@H]2[C@H]1[C@H](O)C(CSc1ccc(F)c(Cl)c1)[C@H]2C(=O)OCOC(=O)CC.Cl. The molecule has 2 aliphatic carbocycles. The number of rotatable bonds is 11. The molecule has 0 amide bonds. The van der Waals surface area contributed by atoms with Gasteiger partial charge in [0, 0.05) is 35.3 Å². The van der Waals surface area contributed by atoms with E-state index in [1.54, 1.807) is 13.8 Å². The van der Waals surface area contributed by atoms with Gasteiger partial charge in [-0.2, -0.15) is 0 Å². The fourth-order valence-corrected chi connectivity index (χ4v) is 5.76. The van der Waals surface area contributed by atoms with Gasteiger partial charge in [-0.05, 0) is 24.1 Å². The highest BCUT2D eigenvalue weighted by Crippen LogP contribution is 2.64. The molecule has 0 aromatic heterocycles. The molecule has 0 heterocycles. The van der Waals surface area contributed by atoms with Gasteiger partial charge in [-0.15, -0.1) is 24.2 Å². The summed E-state index contributed by atoms with van der Waals surface area (Å²) in [5, 5.41) is 10.9. The monoisotopic (exact) mass is 568 g/mol. The lowest BCUT2D eigenvalue weighted by Gasteiger charge is -2.25. The summed E-state index contributed by atoms with van der Waals surface area (Å²) in [5.41, 5.74) is 0. The summed E-state index contributed by atoms with van der Waals surface area (Å²) >= 11 is 7.10. The van der Waals surface area contributed by atoms with Crippen molar-refractivity contribution in [1.29, 1.82) is 0 Å². The molecular weight excluding hydrogens is 542 g/mol. The molecule has 0 aliphatic heterocycles. The number of esters is 4. The normalized spacial score (nSPS) is 25.7. The van der Waals surface area contributed by atoms with Crippen molar-refractivity contribution >= 4 is 59.6 Å². The third-order valence-corrected chi connectivity index (χ3v) is 7.57. The summed E-state index contributed by atoms with van der Waals surface area (Å²) in [6.07, 6.45) is -0.782. The predicted molar refractivity (Wildman–Crippen MR) is 128 cm³/mol.